The van der Waals surface area contributed by atoms with Gasteiger partial charge in [0.05, 0.1) is 11.6 Å². The molecular formula is C18H22N2O4. The van der Waals surface area contributed by atoms with Crippen LogP contribution in [-0.4, -0.2) is 40.3 Å². The quantitative estimate of drug-likeness (QED) is 0.920. The third kappa shape index (κ3) is 4.25. The van der Waals surface area contributed by atoms with Crippen LogP contribution in [0, 0.1) is 17.2 Å². The van der Waals surface area contributed by atoms with E-state index in [0.717, 1.165) is 5.56 Å². The lowest BCUT2D eigenvalue weighted by atomic mass is 9.94. The van der Waals surface area contributed by atoms with Gasteiger partial charge in [0.15, 0.2) is 0 Å². The summed E-state index contributed by atoms with van der Waals surface area (Å²) < 4.78 is 5.32. The highest BCUT2D eigenvalue weighted by Crippen LogP contribution is 2.29. The van der Waals surface area contributed by atoms with Crippen molar-refractivity contribution in [3.05, 3.63) is 35.4 Å². The van der Waals surface area contributed by atoms with Crippen molar-refractivity contribution in [2.24, 2.45) is 5.92 Å². The number of benzene rings is 1. The number of nitriles is 1. The number of amides is 1. The predicted molar refractivity (Wildman–Crippen MR) is 87.3 cm³/mol. The number of nitrogens with zero attached hydrogens (tertiary/aromatic N) is 2. The Hall–Kier alpha value is -2.55. The van der Waals surface area contributed by atoms with Crippen molar-refractivity contribution in [3.63, 3.8) is 0 Å². The van der Waals surface area contributed by atoms with Crippen LogP contribution < -0.4 is 0 Å². The van der Waals surface area contributed by atoms with Crippen LogP contribution in [0.3, 0.4) is 0 Å². The third-order valence-corrected chi connectivity index (χ3v) is 3.95. The normalized spacial score (nSPS) is 20.5. The molecule has 1 aromatic rings. The summed E-state index contributed by atoms with van der Waals surface area (Å²) in [6.07, 6.45) is 0.312. The zero-order valence-corrected chi connectivity index (χ0v) is 14.2. The van der Waals surface area contributed by atoms with Gasteiger partial charge in [-0.1, -0.05) is 18.2 Å². The number of carbonyl (C=O) groups is 2. The Morgan fingerprint density at radius 2 is 2.04 bits per heavy atom. The topological polar surface area (TPSA) is 90.6 Å². The Bertz CT molecular complexity index is 672. The zero-order valence-electron chi connectivity index (χ0n) is 14.2. The predicted octanol–water partition coefficient (Wildman–Crippen LogP) is 2.81. The minimum absolute atomic E-state index is 0.0203. The fourth-order valence-corrected chi connectivity index (χ4v) is 2.95. The number of ether oxygens (including phenoxy) is 1. The van der Waals surface area contributed by atoms with Gasteiger partial charge in [0, 0.05) is 6.54 Å². The van der Waals surface area contributed by atoms with Crippen LogP contribution in [0.15, 0.2) is 24.3 Å². The summed E-state index contributed by atoms with van der Waals surface area (Å²) in [5.41, 5.74) is 0.784. The molecule has 2 rings (SSSR count). The van der Waals surface area contributed by atoms with Gasteiger partial charge < -0.3 is 9.84 Å². The second-order valence-corrected chi connectivity index (χ2v) is 7.06. The molecule has 1 heterocycles. The van der Waals surface area contributed by atoms with Gasteiger partial charge in [-0.2, -0.15) is 5.26 Å². The molecule has 6 nitrogen and oxygen atoms in total. The first-order chi connectivity index (χ1) is 11.2. The van der Waals surface area contributed by atoms with Crippen molar-refractivity contribution in [2.75, 3.05) is 6.54 Å². The van der Waals surface area contributed by atoms with E-state index in [4.69, 9.17) is 4.74 Å². The van der Waals surface area contributed by atoms with Gasteiger partial charge in [0.25, 0.3) is 0 Å². The van der Waals surface area contributed by atoms with Crippen LogP contribution in [-0.2, 0) is 16.0 Å². The van der Waals surface area contributed by atoms with Gasteiger partial charge >= 0.3 is 12.1 Å². The number of carboxylic acids is 1. The molecule has 24 heavy (non-hydrogen) atoms. The zero-order chi connectivity index (χ0) is 17.9. The first-order valence-corrected chi connectivity index (χ1v) is 7.91. The Balaban J connectivity index is 2.14. The molecule has 128 valence electrons. The van der Waals surface area contributed by atoms with Crippen molar-refractivity contribution < 1.29 is 19.4 Å². The lowest BCUT2D eigenvalue weighted by Gasteiger charge is -2.26. The van der Waals surface area contributed by atoms with Gasteiger partial charge in [-0.05, 0) is 51.2 Å². The highest BCUT2D eigenvalue weighted by Gasteiger charge is 2.41. The van der Waals surface area contributed by atoms with Crippen LogP contribution in [0.2, 0.25) is 0 Å². The van der Waals surface area contributed by atoms with Gasteiger partial charge in [-0.25, -0.2) is 9.59 Å². The number of carboxylic acid groups (broad SMARTS) is 1. The molecule has 0 radical (unpaired) electrons. The number of likely N-dealkylation sites (tertiary alicyclic amines) is 1. The van der Waals surface area contributed by atoms with Crippen LogP contribution in [0.4, 0.5) is 4.79 Å². The molecule has 1 aliphatic rings. The molecule has 1 aliphatic heterocycles. The minimum Gasteiger partial charge on any atom is -0.480 e. The summed E-state index contributed by atoms with van der Waals surface area (Å²) in [6.45, 7) is 5.55. The summed E-state index contributed by atoms with van der Waals surface area (Å²) in [5, 5.41) is 18.6. The van der Waals surface area contributed by atoms with Crippen LogP contribution in [0.5, 0.6) is 0 Å². The van der Waals surface area contributed by atoms with Gasteiger partial charge in [0.2, 0.25) is 0 Å². The number of aliphatic carboxylic acids is 1. The lowest BCUT2D eigenvalue weighted by Crippen LogP contribution is -2.43. The molecule has 1 amide bonds. The number of hydrogen-bond acceptors (Lipinski definition) is 4. The second kappa shape index (κ2) is 6.91. The maximum Gasteiger partial charge on any atom is 0.411 e. The fourth-order valence-electron chi connectivity index (χ4n) is 2.95. The van der Waals surface area contributed by atoms with Crippen molar-refractivity contribution in [3.8, 4) is 6.07 Å². The minimum atomic E-state index is -1.03. The fraction of sp³-hybridized carbons (Fsp3) is 0.500. The van der Waals surface area contributed by atoms with E-state index in [1.54, 1.807) is 32.9 Å². The van der Waals surface area contributed by atoms with Crippen LogP contribution in [0.1, 0.15) is 38.3 Å². The van der Waals surface area contributed by atoms with Crippen molar-refractivity contribution >= 4 is 12.1 Å². The smallest absolute Gasteiger partial charge is 0.411 e. The molecule has 0 saturated carbocycles. The van der Waals surface area contributed by atoms with Crippen LogP contribution >= 0.6 is 0 Å². The molecule has 1 N–H and O–H groups in total. The summed E-state index contributed by atoms with van der Waals surface area (Å²) in [6, 6.07) is 8.51. The third-order valence-electron chi connectivity index (χ3n) is 3.95. The molecule has 0 unspecified atom stereocenters. The standard InChI is InChI=1S/C18H22N2O4/c1-18(2,3)24-17(23)20-11-12(9-15(20)16(21)22)8-13-6-4-5-7-14(13)10-19/h4-7,12,15H,8-9,11H2,1-3H3,(H,21,22)/t12-,15+/m0/s1. The molecule has 1 aromatic carbocycles. The Kier molecular flexibility index (Phi) is 5.13. The first kappa shape index (κ1) is 17.8. The van der Waals surface area contributed by atoms with E-state index in [1.165, 1.54) is 4.90 Å². The van der Waals surface area contributed by atoms with Crippen molar-refractivity contribution in [2.45, 2.75) is 45.3 Å². The molecule has 0 spiro atoms. The van der Waals surface area contributed by atoms with E-state index >= 15 is 0 Å². The highest BCUT2D eigenvalue weighted by atomic mass is 16.6. The van der Waals surface area contributed by atoms with E-state index < -0.39 is 23.7 Å². The largest absolute Gasteiger partial charge is 0.480 e. The SMILES string of the molecule is CC(C)(C)OC(=O)N1C[C@@H](Cc2ccccc2C#N)C[C@@H]1C(=O)O. The molecule has 2 atom stereocenters. The van der Waals surface area contributed by atoms with Gasteiger partial charge in [-0.15, -0.1) is 0 Å². The second-order valence-electron chi connectivity index (χ2n) is 7.06. The monoisotopic (exact) mass is 330 g/mol. The number of rotatable bonds is 3. The van der Waals surface area contributed by atoms with Crippen molar-refractivity contribution in [1.29, 1.82) is 5.26 Å². The van der Waals surface area contributed by atoms with E-state index in [1.807, 2.05) is 12.1 Å². The summed E-state index contributed by atoms with van der Waals surface area (Å²) in [5.74, 6) is -1.05. The number of carbonyl (C=O) groups excluding carboxylic acids is 1. The molecular weight excluding hydrogens is 308 g/mol. The first-order valence-electron chi connectivity index (χ1n) is 7.91. The van der Waals surface area contributed by atoms with E-state index in [0.29, 0.717) is 24.9 Å². The summed E-state index contributed by atoms with van der Waals surface area (Å²) in [4.78, 5) is 25.1. The maximum absolute atomic E-state index is 12.3. The van der Waals surface area contributed by atoms with E-state index in [2.05, 4.69) is 6.07 Å². The molecule has 1 fully saturated rings. The molecule has 1 saturated heterocycles. The average Bonchev–Trinajstić information content (AvgIpc) is 2.90. The molecule has 0 aliphatic carbocycles. The number of hydrogen-bond donors (Lipinski definition) is 1. The van der Waals surface area contributed by atoms with E-state index in [9.17, 15) is 20.0 Å². The Labute approximate surface area is 141 Å². The Morgan fingerprint density at radius 1 is 1.38 bits per heavy atom. The summed E-state index contributed by atoms with van der Waals surface area (Å²) in [7, 11) is 0. The highest BCUT2D eigenvalue weighted by molar-refractivity contribution is 5.81. The van der Waals surface area contributed by atoms with Gasteiger partial charge in [0.1, 0.15) is 11.6 Å². The maximum atomic E-state index is 12.3. The van der Waals surface area contributed by atoms with E-state index in [-0.39, 0.29) is 5.92 Å². The molecule has 0 bridgehead atoms. The molecule has 6 heteroatoms. The lowest BCUT2D eigenvalue weighted by molar-refractivity contribution is -0.142. The molecule has 0 aromatic heterocycles. The van der Waals surface area contributed by atoms with Gasteiger partial charge in [-0.3, -0.25) is 4.90 Å². The van der Waals surface area contributed by atoms with Crippen molar-refractivity contribution in [1.82, 2.24) is 4.90 Å². The Morgan fingerprint density at radius 3 is 2.62 bits per heavy atom. The van der Waals surface area contributed by atoms with Crippen LogP contribution in [0.25, 0.3) is 0 Å². The average molecular weight is 330 g/mol. The summed E-state index contributed by atoms with van der Waals surface area (Å²) >= 11 is 0.